The maximum absolute atomic E-state index is 12.7. The Balaban J connectivity index is 0.000000856. The number of Topliss-reactive ketones (excluding diaryl/α,β-unsaturated/α-hetero) is 1. The number of ketones is 1. The Bertz CT molecular complexity index is 1040. The third-order valence-corrected chi connectivity index (χ3v) is 4.80. The molecule has 1 aromatic carbocycles. The number of alkyl halides is 3. The molecule has 1 aliphatic rings. The molecule has 0 fully saturated rings. The SMILES string of the molecule is C[C@H](N)C(=O)C[C@@H](CCCNC(N)=O)C(=O)Nc1ccc(N2C(=O)C=CC2=O)cc1.O=C(O)C(F)(F)F. The number of benzene rings is 1. The molecule has 1 heterocycles. The van der Waals surface area contributed by atoms with Crippen molar-refractivity contribution in [3.05, 3.63) is 36.4 Å². The van der Waals surface area contributed by atoms with Crippen molar-refractivity contribution in [3.63, 3.8) is 0 Å². The van der Waals surface area contributed by atoms with Gasteiger partial charge >= 0.3 is 18.2 Å². The van der Waals surface area contributed by atoms with Gasteiger partial charge in [-0.1, -0.05) is 0 Å². The van der Waals surface area contributed by atoms with Crippen LogP contribution >= 0.6 is 0 Å². The van der Waals surface area contributed by atoms with Gasteiger partial charge in [0.1, 0.15) is 5.78 Å². The van der Waals surface area contributed by atoms with Crippen molar-refractivity contribution < 1.29 is 47.0 Å². The number of anilines is 2. The molecule has 1 aromatic rings. The lowest BCUT2D eigenvalue weighted by molar-refractivity contribution is -0.192. The van der Waals surface area contributed by atoms with Gasteiger partial charge in [-0.15, -0.1) is 0 Å². The van der Waals surface area contributed by atoms with Gasteiger partial charge in [0, 0.05) is 36.7 Å². The van der Waals surface area contributed by atoms with Crippen molar-refractivity contribution in [2.45, 2.75) is 38.4 Å². The number of nitrogens with one attached hydrogen (secondary N) is 2. The quantitative estimate of drug-likeness (QED) is 0.219. The van der Waals surface area contributed by atoms with Crippen LogP contribution in [0.25, 0.3) is 0 Å². The molecule has 5 amide bonds. The second-order valence-electron chi connectivity index (χ2n) is 7.77. The first kappa shape index (κ1) is 30.8. The highest BCUT2D eigenvalue weighted by Crippen LogP contribution is 2.22. The van der Waals surface area contributed by atoms with Crippen LogP contribution in [0.1, 0.15) is 26.2 Å². The number of hydrogen-bond acceptors (Lipinski definition) is 7. The molecule has 0 unspecified atom stereocenters. The Kier molecular flexibility index (Phi) is 11.4. The number of carboxylic acids is 1. The lowest BCUT2D eigenvalue weighted by Gasteiger charge is -2.18. The topological polar surface area (TPSA) is 202 Å². The molecule has 0 bridgehead atoms. The molecule has 1 aliphatic heterocycles. The number of halogens is 3. The largest absolute Gasteiger partial charge is 0.490 e. The van der Waals surface area contributed by atoms with Crippen LogP contribution in [-0.4, -0.2) is 59.4 Å². The summed E-state index contributed by atoms with van der Waals surface area (Å²) in [6.07, 6.45) is -1.93. The van der Waals surface area contributed by atoms with E-state index in [1.807, 2.05) is 0 Å². The van der Waals surface area contributed by atoms with Crippen molar-refractivity contribution in [3.8, 4) is 0 Å². The van der Waals surface area contributed by atoms with E-state index in [1.165, 1.54) is 24.3 Å². The molecule has 37 heavy (non-hydrogen) atoms. The summed E-state index contributed by atoms with van der Waals surface area (Å²) in [5.41, 5.74) is 11.5. The Morgan fingerprint density at radius 2 is 1.57 bits per heavy atom. The van der Waals surface area contributed by atoms with Crippen LogP contribution in [0.5, 0.6) is 0 Å². The fourth-order valence-corrected chi connectivity index (χ4v) is 2.91. The molecular weight excluding hydrogens is 503 g/mol. The molecule has 0 spiro atoms. The highest BCUT2D eigenvalue weighted by atomic mass is 19.4. The zero-order valence-electron chi connectivity index (χ0n) is 19.6. The maximum Gasteiger partial charge on any atom is 0.490 e. The molecule has 202 valence electrons. The first-order chi connectivity index (χ1) is 17.1. The van der Waals surface area contributed by atoms with Crippen LogP contribution < -0.4 is 27.0 Å². The Morgan fingerprint density at radius 1 is 1.05 bits per heavy atom. The van der Waals surface area contributed by atoms with Crippen LogP contribution in [-0.2, 0) is 24.0 Å². The fourth-order valence-electron chi connectivity index (χ4n) is 2.91. The first-order valence-corrected chi connectivity index (χ1v) is 10.7. The van der Waals surface area contributed by atoms with Gasteiger partial charge in [0.25, 0.3) is 11.8 Å². The average Bonchev–Trinajstić information content (AvgIpc) is 3.13. The second-order valence-corrected chi connectivity index (χ2v) is 7.77. The minimum atomic E-state index is -5.08. The van der Waals surface area contributed by atoms with E-state index in [9.17, 15) is 37.1 Å². The van der Waals surface area contributed by atoms with E-state index in [0.717, 1.165) is 4.90 Å². The summed E-state index contributed by atoms with van der Waals surface area (Å²) in [5, 5.41) is 12.3. The highest BCUT2D eigenvalue weighted by Gasteiger charge is 2.38. The predicted octanol–water partition coefficient (Wildman–Crippen LogP) is 1.06. The average molecular weight is 529 g/mol. The Labute approximate surface area is 208 Å². The van der Waals surface area contributed by atoms with Gasteiger partial charge in [0.05, 0.1) is 11.7 Å². The summed E-state index contributed by atoms with van der Waals surface area (Å²) < 4.78 is 31.7. The lowest BCUT2D eigenvalue weighted by Crippen LogP contribution is -2.34. The fraction of sp³-hybridized carbons (Fsp3) is 0.364. The van der Waals surface area contributed by atoms with Gasteiger partial charge in [-0.3, -0.25) is 19.2 Å². The Hall–Kier alpha value is -4.27. The number of carbonyl (C=O) groups excluding carboxylic acids is 5. The highest BCUT2D eigenvalue weighted by molar-refractivity contribution is 6.28. The number of rotatable bonds is 10. The van der Waals surface area contributed by atoms with Crippen molar-refractivity contribution in [1.82, 2.24) is 5.32 Å². The summed E-state index contributed by atoms with van der Waals surface area (Å²) in [4.78, 5) is 68.9. The Morgan fingerprint density at radius 3 is 2.00 bits per heavy atom. The number of amides is 5. The molecule has 7 N–H and O–H groups in total. The van der Waals surface area contributed by atoms with E-state index < -0.39 is 42.0 Å². The molecule has 0 radical (unpaired) electrons. The summed E-state index contributed by atoms with van der Waals surface area (Å²) >= 11 is 0. The minimum Gasteiger partial charge on any atom is -0.475 e. The minimum absolute atomic E-state index is 0.0272. The van der Waals surface area contributed by atoms with Gasteiger partial charge in [-0.25, -0.2) is 14.5 Å². The van der Waals surface area contributed by atoms with Gasteiger partial charge < -0.3 is 27.2 Å². The van der Waals surface area contributed by atoms with Crippen LogP contribution in [0.2, 0.25) is 0 Å². The molecule has 2 atom stereocenters. The lowest BCUT2D eigenvalue weighted by atomic mass is 9.93. The van der Waals surface area contributed by atoms with E-state index in [-0.39, 0.29) is 24.7 Å². The maximum atomic E-state index is 12.7. The number of urea groups is 1. The zero-order chi connectivity index (χ0) is 28.3. The third-order valence-electron chi connectivity index (χ3n) is 4.80. The summed E-state index contributed by atoms with van der Waals surface area (Å²) in [6.45, 7) is 1.84. The molecular formula is C22H26F3N5O7. The van der Waals surface area contributed by atoms with Crippen LogP contribution in [0.4, 0.5) is 29.3 Å². The number of imide groups is 1. The third kappa shape index (κ3) is 10.5. The standard InChI is InChI=1S/C20H25N5O5.C2HF3O2/c1-12(21)16(26)11-13(3-2-10-23-20(22)30)19(29)24-14-4-6-15(7-5-14)25-17(27)8-9-18(25)28;3-2(4,5)1(6)7/h4-9,12-13H,2-3,10-11,21H2,1H3,(H,24,29)(H3,22,23,30);(H,6,7)/t12-,13+;/m0./s1. The van der Waals surface area contributed by atoms with E-state index in [4.69, 9.17) is 21.4 Å². The smallest absolute Gasteiger partial charge is 0.475 e. The van der Waals surface area contributed by atoms with E-state index >= 15 is 0 Å². The normalized spacial score (nSPS) is 14.4. The zero-order valence-corrected chi connectivity index (χ0v) is 19.6. The summed E-state index contributed by atoms with van der Waals surface area (Å²) in [6, 6.07) is 4.85. The van der Waals surface area contributed by atoms with E-state index in [1.54, 1.807) is 19.1 Å². The first-order valence-electron chi connectivity index (χ1n) is 10.7. The molecule has 0 aromatic heterocycles. The number of hydrogen-bond donors (Lipinski definition) is 5. The molecule has 12 nitrogen and oxygen atoms in total. The molecule has 0 saturated heterocycles. The molecule has 15 heteroatoms. The number of carbonyl (C=O) groups is 6. The summed E-state index contributed by atoms with van der Waals surface area (Å²) in [7, 11) is 0. The number of nitrogens with zero attached hydrogens (tertiary/aromatic N) is 1. The molecule has 0 aliphatic carbocycles. The number of carboxylic acid groups (broad SMARTS) is 1. The molecule has 2 rings (SSSR count). The second kappa shape index (κ2) is 13.7. The van der Waals surface area contributed by atoms with Crippen LogP contribution in [0.15, 0.2) is 36.4 Å². The number of aliphatic carboxylic acids is 1. The van der Waals surface area contributed by atoms with Gasteiger partial charge in [-0.05, 0) is 44.0 Å². The van der Waals surface area contributed by atoms with Crippen molar-refractivity contribution in [2.75, 3.05) is 16.8 Å². The summed E-state index contributed by atoms with van der Waals surface area (Å²) in [5.74, 6) is -4.87. The van der Waals surface area contributed by atoms with Crippen LogP contribution in [0.3, 0.4) is 0 Å². The monoisotopic (exact) mass is 529 g/mol. The van der Waals surface area contributed by atoms with Crippen molar-refractivity contribution >= 4 is 46.9 Å². The van der Waals surface area contributed by atoms with Crippen molar-refractivity contribution in [2.24, 2.45) is 17.4 Å². The number of nitrogens with two attached hydrogens (primary N) is 2. The van der Waals surface area contributed by atoms with Gasteiger partial charge in [0.15, 0.2) is 0 Å². The van der Waals surface area contributed by atoms with Gasteiger partial charge in [0.2, 0.25) is 5.91 Å². The van der Waals surface area contributed by atoms with Crippen molar-refractivity contribution in [1.29, 1.82) is 0 Å². The van der Waals surface area contributed by atoms with Gasteiger partial charge in [-0.2, -0.15) is 13.2 Å². The molecule has 0 saturated carbocycles. The predicted molar refractivity (Wildman–Crippen MR) is 124 cm³/mol. The van der Waals surface area contributed by atoms with Crippen LogP contribution in [0, 0.1) is 5.92 Å². The number of primary amides is 1. The van der Waals surface area contributed by atoms with E-state index in [0.29, 0.717) is 24.2 Å². The van der Waals surface area contributed by atoms with E-state index in [2.05, 4.69) is 10.6 Å².